The molecule has 0 atom stereocenters. The first-order chi connectivity index (χ1) is 8.70. The Morgan fingerprint density at radius 1 is 1.32 bits per heavy atom. The number of rotatable bonds is 4. The van der Waals surface area contributed by atoms with E-state index in [9.17, 15) is 9.59 Å². The maximum Gasteiger partial charge on any atom is 0.331 e. The van der Waals surface area contributed by atoms with Crippen LogP contribution in [0, 0.1) is 13.8 Å². The number of carbonyl (C=O) groups is 2. The lowest BCUT2D eigenvalue weighted by atomic mass is 10.1. The SMILES string of the molecule is CCOC(=O)C(C)(C)NC(=O)c1c(C)oc(C)c1Br. The van der Waals surface area contributed by atoms with E-state index < -0.39 is 11.5 Å². The van der Waals surface area contributed by atoms with E-state index in [1.54, 1.807) is 34.6 Å². The summed E-state index contributed by atoms with van der Waals surface area (Å²) >= 11 is 3.31. The van der Waals surface area contributed by atoms with Crippen molar-refractivity contribution in [3.8, 4) is 0 Å². The lowest BCUT2D eigenvalue weighted by molar-refractivity contribution is -0.149. The van der Waals surface area contributed by atoms with E-state index in [2.05, 4.69) is 21.2 Å². The topological polar surface area (TPSA) is 68.5 Å². The molecule has 0 unspecified atom stereocenters. The molecule has 0 spiro atoms. The van der Waals surface area contributed by atoms with Crippen LogP contribution >= 0.6 is 15.9 Å². The van der Waals surface area contributed by atoms with Gasteiger partial charge in [0.2, 0.25) is 0 Å². The molecule has 0 aromatic carbocycles. The van der Waals surface area contributed by atoms with Crippen molar-refractivity contribution in [2.75, 3.05) is 6.61 Å². The zero-order valence-electron chi connectivity index (χ0n) is 11.7. The van der Waals surface area contributed by atoms with E-state index in [1.807, 2.05) is 0 Å². The number of ether oxygens (including phenoxy) is 1. The van der Waals surface area contributed by atoms with Crippen LogP contribution in [0.5, 0.6) is 0 Å². The second-order valence-corrected chi connectivity index (χ2v) is 5.50. The molecule has 0 saturated carbocycles. The summed E-state index contributed by atoms with van der Waals surface area (Å²) in [4.78, 5) is 23.9. The molecular formula is C13H18BrNO4. The second-order valence-electron chi connectivity index (χ2n) is 4.70. The molecule has 0 radical (unpaired) electrons. The zero-order chi connectivity index (χ0) is 14.8. The van der Waals surface area contributed by atoms with Crippen LogP contribution in [0.2, 0.25) is 0 Å². The third-order valence-electron chi connectivity index (χ3n) is 2.63. The molecule has 0 bridgehead atoms. The fourth-order valence-electron chi connectivity index (χ4n) is 1.62. The van der Waals surface area contributed by atoms with Gasteiger partial charge in [-0.1, -0.05) is 0 Å². The molecule has 0 aliphatic carbocycles. The molecule has 1 amide bonds. The van der Waals surface area contributed by atoms with Gasteiger partial charge in [-0.15, -0.1) is 0 Å². The van der Waals surface area contributed by atoms with Crippen molar-refractivity contribution in [3.63, 3.8) is 0 Å². The van der Waals surface area contributed by atoms with Gasteiger partial charge in [0.15, 0.2) is 0 Å². The molecule has 0 saturated heterocycles. The number of carbonyl (C=O) groups excluding carboxylic acids is 2. The molecule has 106 valence electrons. The van der Waals surface area contributed by atoms with Gasteiger partial charge < -0.3 is 14.5 Å². The highest BCUT2D eigenvalue weighted by atomic mass is 79.9. The number of furan rings is 1. The van der Waals surface area contributed by atoms with Gasteiger partial charge in [0.25, 0.3) is 5.91 Å². The summed E-state index contributed by atoms with van der Waals surface area (Å²) < 4.78 is 10.9. The fourth-order valence-corrected chi connectivity index (χ4v) is 2.16. The third-order valence-corrected chi connectivity index (χ3v) is 3.58. The van der Waals surface area contributed by atoms with Crippen LogP contribution in [0.1, 0.15) is 42.6 Å². The molecule has 1 aromatic heterocycles. The highest BCUT2D eigenvalue weighted by Crippen LogP contribution is 2.27. The molecule has 1 N–H and O–H groups in total. The quantitative estimate of drug-likeness (QED) is 0.861. The summed E-state index contributed by atoms with van der Waals surface area (Å²) in [6, 6.07) is 0. The van der Waals surface area contributed by atoms with Gasteiger partial charge in [0, 0.05) is 0 Å². The van der Waals surface area contributed by atoms with Gasteiger partial charge in [0.05, 0.1) is 16.6 Å². The van der Waals surface area contributed by atoms with Crippen LogP contribution in [0.3, 0.4) is 0 Å². The summed E-state index contributed by atoms with van der Waals surface area (Å²) in [5.74, 6) is 0.273. The monoisotopic (exact) mass is 331 g/mol. The average Bonchev–Trinajstić information content (AvgIpc) is 2.52. The smallest absolute Gasteiger partial charge is 0.331 e. The van der Waals surface area contributed by atoms with Gasteiger partial charge in [-0.3, -0.25) is 4.79 Å². The Kier molecular flexibility index (Phi) is 4.79. The Hall–Kier alpha value is -1.30. The Morgan fingerprint density at radius 2 is 1.89 bits per heavy atom. The van der Waals surface area contributed by atoms with Crippen LogP contribution in [-0.4, -0.2) is 24.0 Å². The van der Waals surface area contributed by atoms with Crippen molar-refractivity contribution in [1.82, 2.24) is 5.32 Å². The first-order valence-corrected chi connectivity index (χ1v) is 6.75. The summed E-state index contributed by atoms with van der Waals surface area (Å²) in [5, 5.41) is 2.65. The number of aryl methyl sites for hydroxylation is 2. The van der Waals surface area contributed by atoms with Crippen LogP contribution in [0.25, 0.3) is 0 Å². The molecule has 0 aliphatic heterocycles. The van der Waals surface area contributed by atoms with Crippen molar-refractivity contribution in [2.45, 2.75) is 40.2 Å². The highest BCUT2D eigenvalue weighted by Gasteiger charge is 2.33. The number of nitrogens with one attached hydrogen (secondary N) is 1. The van der Waals surface area contributed by atoms with Crippen LogP contribution in [0.15, 0.2) is 8.89 Å². The first kappa shape index (κ1) is 15.8. The fraction of sp³-hybridized carbons (Fsp3) is 0.538. The molecule has 5 nitrogen and oxygen atoms in total. The molecule has 0 aliphatic rings. The molecule has 1 heterocycles. The molecule has 6 heteroatoms. The standard InChI is InChI=1S/C13H18BrNO4/c1-6-18-12(17)13(4,5)15-11(16)9-7(2)19-8(3)10(9)14/h6H2,1-5H3,(H,15,16). The van der Waals surface area contributed by atoms with Crippen molar-refractivity contribution >= 4 is 27.8 Å². The van der Waals surface area contributed by atoms with Crippen molar-refractivity contribution in [3.05, 3.63) is 21.6 Å². The van der Waals surface area contributed by atoms with Gasteiger partial charge in [-0.2, -0.15) is 0 Å². The molecule has 1 rings (SSSR count). The Morgan fingerprint density at radius 3 is 2.32 bits per heavy atom. The Balaban J connectivity index is 2.94. The Labute approximate surface area is 120 Å². The molecule has 19 heavy (non-hydrogen) atoms. The van der Waals surface area contributed by atoms with Gasteiger partial charge in [0.1, 0.15) is 17.1 Å². The summed E-state index contributed by atoms with van der Waals surface area (Å²) in [6.07, 6.45) is 0. The van der Waals surface area contributed by atoms with E-state index in [4.69, 9.17) is 9.15 Å². The zero-order valence-corrected chi connectivity index (χ0v) is 13.3. The summed E-state index contributed by atoms with van der Waals surface area (Å²) in [5.41, 5.74) is -0.695. The molecule has 0 fully saturated rings. The molecule has 1 aromatic rings. The second kappa shape index (κ2) is 5.77. The lowest BCUT2D eigenvalue weighted by Crippen LogP contribution is -2.50. The van der Waals surface area contributed by atoms with Gasteiger partial charge >= 0.3 is 5.97 Å². The van der Waals surface area contributed by atoms with Crippen LogP contribution in [-0.2, 0) is 9.53 Å². The number of esters is 1. The lowest BCUT2D eigenvalue weighted by Gasteiger charge is -2.23. The number of hydrogen-bond acceptors (Lipinski definition) is 4. The number of halogens is 1. The largest absolute Gasteiger partial charge is 0.465 e. The summed E-state index contributed by atoms with van der Waals surface area (Å²) in [7, 11) is 0. The minimum atomic E-state index is -1.09. The minimum absolute atomic E-state index is 0.270. The van der Waals surface area contributed by atoms with Crippen LogP contribution < -0.4 is 5.32 Å². The van der Waals surface area contributed by atoms with Crippen molar-refractivity contribution < 1.29 is 18.7 Å². The minimum Gasteiger partial charge on any atom is -0.465 e. The van der Waals surface area contributed by atoms with E-state index >= 15 is 0 Å². The van der Waals surface area contributed by atoms with Gasteiger partial charge in [-0.05, 0) is 50.5 Å². The predicted octanol–water partition coefficient (Wildman–Crippen LogP) is 2.73. The summed E-state index contributed by atoms with van der Waals surface area (Å²) in [6.45, 7) is 8.63. The number of amides is 1. The van der Waals surface area contributed by atoms with Crippen molar-refractivity contribution in [1.29, 1.82) is 0 Å². The van der Waals surface area contributed by atoms with Gasteiger partial charge in [-0.25, -0.2) is 4.79 Å². The Bertz CT molecular complexity index is 505. The normalized spacial score (nSPS) is 11.3. The van der Waals surface area contributed by atoms with E-state index in [-0.39, 0.29) is 12.5 Å². The maximum atomic E-state index is 12.2. The van der Waals surface area contributed by atoms with E-state index in [0.29, 0.717) is 21.6 Å². The first-order valence-electron chi connectivity index (χ1n) is 5.96. The average molecular weight is 332 g/mol. The van der Waals surface area contributed by atoms with E-state index in [1.165, 1.54) is 0 Å². The number of hydrogen-bond donors (Lipinski definition) is 1. The van der Waals surface area contributed by atoms with E-state index in [0.717, 1.165) is 0 Å². The van der Waals surface area contributed by atoms with Crippen molar-refractivity contribution in [2.24, 2.45) is 0 Å². The highest BCUT2D eigenvalue weighted by molar-refractivity contribution is 9.10. The van der Waals surface area contributed by atoms with Crippen LogP contribution in [0.4, 0.5) is 0 Å². The third kappa shape index (κ3) is 3.37. The maximum absolute atomic E-state index is 12.2. The predicted molar refractivity (Wildman–Crippen MR) is 74.1 cm³/mol. The molecular weight excluding hydrogens is 314 g/mol.